The predicted molar refractivity (Wildman–Crippen MR) is 99.5 cm³/mol. The molecule has 0 aliphatic rings. The fourth-order valence-corrected chi connectivity index (χ4v) is 2.12. The molecule has 140 valence electrons. The van der Waals surface area contributed by atoms with Crippen LogP contribution in [0.1, 0.15) is 31.5 Å². The van der Waals surface area contributed by atoms with Gasteiger partial charge in [-0.05, 0) is 43.7 Å². The molecule has 6 nitrogen and oxygen atoms in total. The zero-order chi connectivity index (χ0) is 18.8. The zero-order valence-electron chi connectivity index (χ0n) is 15.3. The first-order valence-electron chi connectivity index (χ1n) is 8.60. The first-order valence-corrected chi connectivity index (χ1v) is 8.60. The molecule has 0 bridgehead atoms. The van der Waals surface area contributed by atoms with Crippen molar-refractivity contribution < 1.29 is 19.3 Å². The number of aromatic nitrogens is 1. The van der Waals surface area contributed by atoms with Crippen molar-refractivity contribution in [3.05, 3.63) is 65.3 Å². The summed E-state index contributed by atoms with van der Waals surface area (Å²) in [5.41, 5.74) is 8.53. The molecule has 3 N–H and O–H groups in total. The summed E-state index contributed by atoms with van der Waals surface area (Å²) in [5.74, 6) is 1.60. The van der Waals surface area contributed by atoms with Crippen molar-refractivity contribution in [1.82, 2.24) is 4.98 Å². The molecule has 2 rings (SSSR count). The van der Waals surface area contributed by atoms with Crippen LogP contribution in [0.4, 0.5) is 0 Å². The molecule has 0 radical (unpaired) electrons. The van der Waals surface area contributed by atoms with Crippen molar-refractivity contribution in [3.63, 3.8) is 0 Å². The number of phenolic OH excluding ortho intramolecular Hbond substituents is 1. The van der Waals surface area contributed by atoms with E-state index in [1.165, 1.54) is 0 Å². The van der Waals surface area contributed by atoms with Gasteiger partial charge in [-0.1, -0.05) is 12.1 Å². The number of nitrogens with zero attached hydrogens (tertiary/aromatic N) is 1. The standard InChI is InChI=1S/C20H26N2O4/c1-3-24-14-17-6-9-19(12-22-17)25-11-10-20(21)15(2)26-13-16-4-7-18(23)8-5-16/h4-9,12,23H,3,10-11,13-14,21H2,1-2H3/b20-15-. The highest BCUT2D eigenvalue weighted by molar-refractivity contribution is 5.25. The van der Waals surface area contributed by atoms with Crippen LogP contribution >= 0.6 is 0 Å². The summed E-state index contributed by atoms with van der Waals surface area (Å²) in [5, 5.41) is 9.27. The molecule has 0 atom stereocenters. The minimum absolute atomic E-state index is 0.234. The molecule has 0 unspecified atom stereocenters. The SMILES string of the molecule is CCOCc1ccc(OCC/C(N)=C(\C)OCc2ccc(O)cc2)cn1. The van der Waals surface area contributed by atoms with E-state index in [0.29, 0.717) is 50.1 Å². The molecule has 0 aliphatic heterocycles. The van der Waals surface area contributed by atoms with Crippen LogP contribution in [0, 0.1) is 0 Å². The summed E-state index contributed by atoms with van der Waals surface area (Å²) < 4.78 is 16.6. The normalized spacial score (nSPS) is 11.8. The van der Waals surface area contributed by atoms with Gasteiger partial charge in [0.05, 0.1) is 25.1 Å². The highest BCUT2D eigenvalue weighted by atomic mass is 16.5. The summed E-state index contributed by atoms with van der Waals surface area (Å²) in [4.78, 5) is 4.28. The Kier molecular flexibility index (Phi) is 7.76. The zero-order valence-corrected chi connectivity index (χ0v) is 15.3. The van der Waals surface area contributed by atoms with E-state index in [4.69, 9.17) is 19.9 Å². The summed E-state index contributed by atoms with van der Waals surface area (Å²) in [6, 6.07) is 10.6. The number of allylic oxidation sites excluding steroid dienone is 1. The Balaban J connectivity index is 1.74. The maximum atomic E-state index is 9.27. The number of pyridine rings is 1. The Labute approximate surface area is 154 Å². The fraction of sp³-hybridized carbons (Fsp3) is 0.350. The summed E-state index contributed by atoms with van der Waals surface area (Å²) >= 11 is 0. The van der Waals surface area contributed by atoms with Crippen molar-refractivity contribution in [2.75, 3.05) is 13.2 Å². The Morgan fingerprint density at radius 3 is 2.54 bits per heavy atom. The third-order valence-corrected chi connectivity index (χ3v) is 3.74. The van der Waals surface area contributed by atoms with Crippen LogP contribution in [-0.4, -0.2) is 23.3 Å². The molecule has 1 heterocycles. The molecule has 0 spiro atoms. The van der Waals surface area contributed by atoms with Crippen LogP contribution in [0.2, 0.25) is 0 Å². The number of ether oxygens (including phenoxy) is 3. The van der Waals surface area contributed by atoms with Crippen LogP contribution in [0.5, 0.6) is 11.5 Å². The maximum absolute atomic E-state index is 9.27. The van der Waals surface area contributed by atoms with E-state index in [1.807, 2.05) is 38.1 Å². The quantitative estimate of drug-likeness (QED) is 0.632. The van der Waals surface area contributed by atoms with E-state index in [2.05, 4.69) is 4.98 Å². The molecular weight excluding hydrogens is 332 g/mol. The molecule has 0 fully saturated rings. The fourth-order valence-electron chi connectivity index (χ4n) is 2.12. The van der Waals surface area contributed by atoms with Gasteiger partial charge in [-0.15, -0.1) is 0 Å². The number of aromatic hydroxyl groups is 1. The average Bonchev–Trinajstić information content (AvgIpc) is 2.66. The Morgan fingerprint density at radius 1 is 1.12 bits per heavy atom. The minimum Gasteiger partial charge on any atom is -0.508 e. The maximum Gasteiger partial charge on any atom is 0.137 e. The molecule has 1 aromatic heterocycles. The van der Waals surface area contributed by atoms with Gasteiger partial charge in [-0.2, -0.15) is 0 Å². The Bertz CT molecular complexity index is 697. The number of phenols is 1. The molecule has 2 aromatic rings. The lowest BCUT2D eigenvalue weighted by atomic mass is 10.2. The molecule has 0 amide bonds. The van der Waals surface area contributed by atoms with Gasteiger partial charge in [0.15, 0.2) is 0 Å². The minimum atomic E-state index is 0.234. The number of hydrogen-bond acceptors (Lipinski definition) is 6. The van der Waals surface area contributed by atoms with Crippen LogP contribution in [0.25, 0.3) is 0 Å². The molecule has 26 heavy (non-hydrogen) atoms. The lowest BCUT2D eigenvalue weighted by molar-refractivity contribution is 0.131. The first-order chi connectivity index (χ1) is 12.6. The smallest absolute Gasteiger partial charge is 0.137 e. The third kappa shape index (κ3) is 6.64. The van der Waals surface area contributed by atoms with Gasteiger partial charge in [0.25, 0.3) is 0 Å². The van der Waals surface area contributed by atoms with E-state index in [9.17, 15) is 5.11 Å². The lowest BCUT2D eigenvalue weighted by Crippen LogP contribution is -2.09. The second kappa shape index (κ2) is 10.3. The second-order valence-electron chi connectivity index (χ2n) is 5.76. The second-order valence-corrected chi connectivity index (χ2v) is 5.76. The van der Waals surface area contributed by atoms with E-state index in [0.717, 1.165) is 11.3 Å². The van der Waals surface area contributed by atoms with Gasteiger partial charge >= 0.3 is 0 Å². The third-order valence-electron chi connectivity index (χ3n) is 3.74. The van der Waals surface area contributed by atoms with Gasteiger partial charge in [-0.3, -0.25) is 4.98 Å². The number of benzene rings is 1. The van der Waals surface area contributed by atoms with Crippen molar-refractivity contribution in [1.29, 1.82) is 0 Å². The topological polar surface area (TPSA) is 86.8 Å². The summed E-state index contributed by atoms with van der Waals surface area (Å²) in [6.07, 6.45) is 2.24. The molecule has 0 saturated heterocycles. The first kappa shape index (κ1) is 19.6. The number of nitrogens with two attached hydrogens (primary N) is 1. The largest absolute Gasteiger partial charge is 0.508 e. The van der Waals surface area contributed by atoms with Gasteiger partial charge in [-0.25, -0.2) is 0 Å². The average molecular weight is 358 g/mol. The van der Waals surface area contributed by atoms with E-state index in [1.54, 1.807) is 18.3 Å². The van der Waals surface area contributed by atoms with Crippen LogP contribution in [0.3, 0.4) is 0 Å². The van der Waals surface area contributed by atoms with E-state index >= 15 is 0 Å². The number of rotatable bonds is 10. The van der Waals surface area contributed by atoms with Gasteiger partial charge < -0.3 is 25.1 Å². The summed E-state index contributed by atoms with van der Waals surface area (Å²) in [7, 11) is 0. The number of hydrogen-bond donors (Lipinski definition) is 2. The predicted octanol–water partition coefficient (Wildman–Crippen LogP) is 3.50. The van der Waals surface area contributed by atoms with Crippen LogP contribution in [-0.2, 0) is 22.7 Å². The molecule has 0 aliphatic carbocycles. The van der Waals surface area contributed by atoms with E-state index in [-0.39, 0.29) is 5.75 Å². The van der Waals surface area contributed by atoms with Crippen LogP contribution in [0.15, 0.2) is 54.1 Å². The van der Waals surface area contributed by atoms with Gasteiger partial charge in [0, 0.05) is 18.7 Å². The van der Waals surface area contributed by atoms with Gasteiger partial charge in [0.2, 0.25) is 0 Å². The van der Waals surface area contributed by atoms with Crippen LogP contribution < -0.4 is 10.5 Å². The van der Waals surface area contributed by atoms with E-state index < -0.39 is 0 Å². The molecule has 1 aromatic carbocycles. The highest BCUT2D eigenvalue weighted by Crippen LogP contribution is 2.14. The molecule has 0 saturated carbocycles. The molecular formula is C20H26N2O4. The Hall–Kier alpha value is -2.73. The van der Waals surface area contributed by atoms with Crippen molar-refractivity contribution >= 4 is 0 Å². The van der Waals surface area contributed by atoms with Crippen molar-refractivity contribution in [3.8, 4) is 11.5 Å². The highest BCUT2D eigenvalue weighted by Gasteiger charge is 2.03. The lowest BCUT2D eigenvalue weighted by Gasteiger charge is -2.11. The monoisotopic (exact) mass is 358 g/mol. The molecule has 6 heteroatoms. The van der Waals surface area contributed by atoms with Crippen molar-refractivity contribution in [2.45, 2.75) is 33.5 Å². The summed E-state index contributed by atoms with van der Waals surface area (Å²) in [6.45, 7) is 5.80. The van der Waals surface area contributed by atoms with Crippen molar-refractivity contribution in [2.24, 2.45) is 5.73 Å². The van der Waals surface area contributed by atoms with Gasteiger partial charge in [0.1, 0.15) is 23.9 Å². The Morgan fingerprint density at radius 2 is 1.88 bits per heavy atom.